The molecule has 2 aromatic rings. The molecule has 4 rings (SSSR count). The number of carbonyl (C=O) groups is 3. The number of likely N-dealkylation sites (tertiary alicyclic amines) is 1. The van der Waals surface area contributed by atoms with Gasteiger partial charge in [-0.2, -0.15) is 13.2 Å². The Bertz CT molecular complexity index is 1180. The lowest BCUT2D eigenvalue weighted by Crippen LogP contribution is -2.50. The third kappa shape index (κ3) is 8.04. The summed E-state index contributed by atoms with van der Waals surface area (Å²) in [7, 11) is 0. The number of amides is 3. The van der Waals surface area contributed by atoms with Crippen molar-refractivity contribution in [3.8, 4) is 0 Å². The van der Waals surface area contributed by atoms with Crippen LogP contribution in [0.15, 0.2) is 48.5 Å². The van der Waals surface area contributed by atoms with Crippen molar-refractivity contribution >= 4 is 17.7 Å². The molecular weight excluding hydrogens is 523 g/mol. The largest absolute Gasteiger partial charge is 0.416 e. The lowest BCUT2D eigenvalue weighted by atomic mass is 10.1. The third-order valence-corrected chi connectivity index (χ3v) is 7.50. The number of hydrogen-bond donors (Lipinski definition) is 2. The Morgan fingerprint density at radius 1 is 0.900 bits per heavy atom. The molecule has 2 aliphatic rings. The van der Waals surface area contributed by atoms with E-state index in [0.717, 1.165) is 69.3 Å². The van der Waals surface area contributed by atoms with Crippen molar-refractivity contribution in [2.24, 2.45) is 0 Å². The number of piperazine rings is 1. The minimum absolute atomic E-state index is 0.0495. The molecule has 0 aromatic heterocycles. The van der Waals surface area contributed by atoms with E-state index in [2.05, 4.69) is 27.4 Å². The Hall–Kier alpha value is -3.44. The second kappa shape index (κ2) is 13.3. The predicted octanol–water partition coefficient (Wildman–Crippen LogP) is 2.65. The van der Waals surface area contributed by atoms with Crippen LogP contribution in [0.3, 0.4) is 0 Å². The standard InChI is InChI=1S/C29H36F3N5O3/c1-2-21-6-8-22(9-7-21)28(40)37-16-14-35(15-17-37)12-13-36-11-10-25(20-36)34-26(38)19-33-27(39)23-4-3-5-24(18-23)29(30,31)32/h3-9,18,25H,2,10-17,19-20H2,1H3,(H,33,39)(H,34,38)/t25-/m1/s1. The molecule has 216 valence electrons. The van der Waals surface area contributed by atoms with Crippen molar-refractivity contribution in [1.29, 1.82) is 0 Å². The number of hydrogen-bond acceptors (Lipinski definition) is 5. The van der Waals surface area contributed by atoms with E-state index in [9.17, 15) is 27.6 Å². The fourth-order valence-electron chi connectivity index (χ4n) is 5.05. The van der Waals surface area contributed by atoms with E-state index in [1.807, 2.05) is 29.2 Å². The van der Waals surface area contributed by atoms with Crippen LogP contribution in [-0.4, -0.2) is 97.4 Å². The molecular formula is C29H36F3N5O3. The maximum absolute atomic E-state index is 12.9. The van der Waals surface area contributed by atoms with Gasteiger partial charge < -0.3 is 15.5 Å². The summed E-state index contributed by atoms with van der Waals surface area (Å²) in [6, 6.07) is 11.9. The summed E-state index contributed by atoms with van der Waals surface area (Å²) in [6.07, 6.45) is -2.81. The van der Waals surface area contributed by atoms with Crippen LogP contribution < -0.4 is 10.6 Å². The van der Waals surface area contributed by atoms with Crippen molar-refractivity contribution in [2.75, 3.05) is 58.9 Å². The quantitative estimate of drug-likeness (QED) is 0.494. The van der Waals surface area contributed by atoms with Crippen molar-refractivity contribution in [3.63, 3.8) is 0 Å². The minimum Gasteiger partial charge on any atom is -0.350 e. The van der Waals surface area contributed by atoms with Gasteiger partial charge >= 0.3 is 6.18 Å². The highest BCUT2D eigenvalue weighted by Crippen LogP contribution is 2.29. The first-order valence-electron chi connectivity index (χ1n) is 13.7. The van der Waals surface area contributed by atoms with Crippen molar-refractivity contribution in [1.82, 2.24) is 25.3 Å². The zero-order valence-electron chi connectivity index (χ0n) is 22.7. The second-order valence-corrected chi connectivity index (χ2v) is 10.3. The summed E-state index contributed by atoms with van der Waals surface area (Å²) in [5.41, 5.74) is 0.881. The predicted molar refractivity (Wildman–Crippen MR) is 145 cm³/mol. The number of halogens is 3. The molecule has 0 spiro atoms. The third-order valence-electron chi connectivity index (χ3n) is 7.50. The lowest BCUT2D eigenvalue weighted by molar-refractivity contribution is -0.137. The zero-order valence-corrected chi connectivity index (χ0v) is 22.7. The first-order valence-corrected chi connectivity index (χ1v) is 13.7. The number of aryl methyl sites for hydroxylation is 1. The Morgan fingerprint density at radius 3 is 2.27 bits per heavy atom. The average Bonchev–Trinajstić information content (AvgIpc) is 3.41. The van der Waals surface area contributed by atoms with Crippen molar-refractivity contribution in [3.05, 3.63) is 70.8 Å². The maximum Gasteiger partial charge on any atom is 0.416 e. The second-order valence-electron chi connectivity index (χ2n) is 10.3. The fraction of sp³-hybridized carbons (Fsp3) is 0.483. The van der Waals surface area contributed by atoms with E-state index >= 15 is 0 Å². The van der Waals surface area contributed by atoms with Gasteiger partial charge in [0.25, 0.3) is 11.8 Å². The van der Waals surface area contributed by atoms with Crippen molar-refractivity contribution in [2.45, 2.75) is 32.0 Å². The van der Waals surface area contributed by atoms with E-state index in [4.69, 9.17) is 0 Å². The summed E-state index contributed by atoms with van der Waals surface area (Å²) in [5.74, 6) is -1.03. The average molecular weight is 560 g/mol. The Balaban J connectivity index is 1.12. The van der Waals surface area contributed by atoms with Gasteiger partial charge in [0, 0.05) is 69.5 Å². The van der Waals surface area contributed by atoms with Crippen LogP contribution in [-0.2, 0) is 17.4 Å². The van der Waals surface area contributed by atoms with Crippen LogP contribution >= 0.6 is 0 Å². The van der Waals surface area contributed by atoms with E-state index in [0.29, 0.717) is 19.6 Å². The number of rotatable bonds is 9. The smallest absolute Gasteiger partial charge is 0.350 e. The molecule has 0 radical (unpaired) electrons. The van der Waals surface area contributed by atoms with Gasteiger partial charge in [0.1, 0.15) is 0 Å². The van der Waals surface area contributed by atoms with Crippen molar-refractivity contribution < 1.29 is 27.6 Å². The topological polar surface area (TPSA) is 85.0 Å². The van der Waals surface area contributed by atoms with Gasteiger partial charge in [-0.15, -0.1) is 0 Å². The molecule has 0 saturated carbocycles. The Morgan fingerprint density at radius 2 is 1.60 bits per heavy atom. The van der Waals surface area contributed by atoms with Gasteiger partial charge in [-0.3, -0.25) is 24.2 Å². The summed E-state index contributed by atoms with van der Waals surface area (Å²) in [6.45, 7) is 8.07. The van der Waals surface area contributed by atoms with Gasteiger partial charge in [0.05, 0.1) is 12.1 Å². The van der Waals surface area contributed by atoms with Crippen LogP contribution in [0.4, 0.5) is 13.2 Å². The molecule has 2 saturated heterocycles. The molecule has 0 unspecified atom stereocenters. The summed E-state index contributed by atoms with van der Waals surface area (Å²) < 4.78 is 38.6. The normalized spacial score (nSPS) is 18.5. The molecule has 2 aliphatic heterocycles. The Kier molecular flexibility index (Phi) is 9.80. The fourth-order valence-corrected chi connectivity index (χ4v) is 5.05. The van der Waals surface area contributed by atoms with Crippen LogP contribution in [0, 0.1) is 0 Å². The van der Waals surface area contributed by atoms with Gasteiger partial charge in [-0.25, -0.2) is 0 Å². The molecule has 8 nitrogen and oxygen atoms in total. The highest BCUT2D eigenvalue weighted by molar-refractivity contribution is 5.96. The van der Waals surface area contributed by atoms with E-state index < -0.39 is 17.6 Å². The molecule has 11 heteroatoms. The molecule has 2 aromatic carbocycles. The number of benzene rings is 2. The summed E-state index contributed by atoms with van der Waals surface area (Å²) in [5, 5.41) is 5.29. The highest BCUT2D eigenvalue weighted by Gasteiger charge is 2.31. The molecule has 3 amide bonds. The minimum atomic E-state index is -4.54. The Labute approximate surface area is 232 Å². The molecule has 2 fully saturated rings. The van der Waals surface area contributed by atoms with E-state index in [1.165, 1.54) is 11.6 Å². The molecule has 0 bridgehead atoms. The molecule has 1 atom stereocenters. The van der Waals surface area contributed by atoms with E-state index in [1.54, 1.807) is 0 Å². The first-order chi connectivity index (χ1) is 19.1. The van der Waals surface area contributed by atoms with Gasteiger partial charge in [-0.05, 0) is 48.7 Å². The number of nitrogens with one attached hydrogen (secondary N) is 2. The van der Waals surface area contributed by atoms with Crippen LogP contribution in [0.2, 0.25) is 0 Å². The number of nitrogens with zero attached hydrogens (tertiary/aromatic N) is 3. The SMILES string of the molecule is CCc1ccc(C(=O)N2CCN(CCN3CC[C@@H](NC(=O)CNC(=O)c4cccc(C(F)(F)F)c4)C3)CC2)cc1. The first kappa shape index (κ1) is 29.5. The van der Waals surface area contributed by atoms with E-state index in [-0.39, 0.29) is 30.0 Å². The summed E-state index contributed by atoms with van der Waals surface area (Å²) >= 11 is 0. The number of carbonyl (C=O) groups excluding carboxylic acids is 3. The van der Waals surface area contributed by atoms with Gasteiger partial charge in [0.15, 0.2) is 0 Å². The molecule has 40 heavy (non-hydrogen) atoms. The van der Waals surface area contributed by atoms with Gasteiger partial charge in [0.2, 0.25) is 5.91 Å². The monoisotopic (exact) mass is 559 g/mol. The number of alkyl halides is 3. The van der Waals surface area contributed by atoms with Crippen LogP contribution in [0.1, 0.15) is 45.2 Å². The highest BCUT2D eigenvalue weighted by atomic mass is 19.4. The maximum atomic E-state index is 12.9. The zero-order chi connectivity index (χ0) is 28.7. The summed E-state index contributed by atoms with van der Waals surface area (Å²) in [4.78, 5) is 43.9. The van der Waals surface area contributed by atoms with Crippen LogP contribution in [0.25, 0.3) is 0 Å². The molecule has 2 heterocycles. The lowest BCUT2D eigenvalue weighted by Gasteiger charge is -2.35. The molecule has 2 N–H and O–H groups in total. The molecule has 0 aliphatic carbocycles. The van der Waals surface area contributed by atoms with Gasteiger partial charge in [-0.1, -0.05) is 25.1 Å². The van der Waals surface area contributed by atoms with Crippen LogP contribution in [0.5, 0.6) is 0 Å².